The Balaban J connectivity index is 2.47. The molecular formula is C11H13N3. The minimum atomic E-state index is 0.726. The molecule has 0 atom stereocenters. The highest BCUT2D eigenvalue weighted by Crippen LogP contribution is 2.38. The largest absolute Gasteiger partial charge is 0.321 e. The predicted octanol–water partition coefficient (Wildman–Crippen LogP) is 1.84. The van der Waals surface area contributed by atoms with Crippen LogP contribution < -0.4 is 15.8 Å². The van der Waals surface area contributed by atoms with Crippen molar-refractivity contribution in [1.82, 2.24) is 0 Å². The summed E-state index contributed by atoms with van der Waals surface area (Å²) in [7, 11) is 0. The molecule has 14 heavy (non-hydrogen) atoms. The lowest BCUT2D eigenvalue weighted by Crippen LogP contribution is -2.32. The molecule has 0 fully saturated rings. The fraction of sp³-hybridized carbons (Fsp3) is 0.0909. The normalized spacial score (nSPS) is 14.5. The number of hydrogen-bond acceptors (Lipinski definition) is 3. The third kappa shape index (κ3) is 1.10. The SMILES string of the molecule is C=CCN1C(=C)N(N)c2ccccc21. The third-order valence-corrected chi connectivity index (χ3v) is 2.33. The van der Waals surface area contributed by atoms with E-state index in [1.54, 1.807) is 5.01 Å². The Hall–Kier alpha value is -1.74. The van der Waals surface area contributed by atoms with Crippen LogP contribution in [0.4, 0.5) is 11.4 Å². The smallest absolute Gasteiger partial charge is 0.121 e. The van der Waals surface area contributed by atoms with Crippen LogP contribution in [0, 0.1) is 0 Å². The van der Waals surface area contributed by atoms with Crippen molar-refractivity contribution in [2.75, 3.05) is 16.5 Å². The Morgan fingerprint density at radius 3 is 2.57 bits per heavy atom. The van der Waals surface area contributed by atoms with E-state index in [0.717, 1.165) is 23.7 Å². The van der Waals surface area contributed by atoms with E-state index in [9.17, 15) is 0 Å². The van der Waals surface area contributed by atoms with Crippen LogP contribution in [0.5, 0.6) is 0 Å². The summed E-state index contributed by atoms with van der Waals surface area (Å²) in [5, 5.41) is 1.60. The Morgan fingerprint density at radius 1 is 1.29 bits per heavy atom. The highest BCUT2D eigenvalue weighted by molar-refractivity contribution is 5.81. The van der Waals surface area contributed by atoms with E-state index >= 15 is 0 Å². The van der Waals surface area contributed by atoms with Crippen molar-refractivity contribution < 1.29 is 0 Å². The van der Waals surface area contributed by atoms with Crippen molar-refractivity contribution in [1.29, 1.82) is 0 Å². The lowest BCUT2D eigenvalue weighted by molar-refractivity contribution is 0.953. The standard InChI is InChI=1S/C11H13N3/c1-3-8-13-9(2)14(12)11-7-5-4-6-10(11)13/h3-7H,1-2,8,12H2. The van der Waals surface area contributed by atoms with Crippen molar-refractivity contribution in [3.8, 4) is 0 Å². The zero-order valence-electron chi connectivity index (χ0n) is 7.98. The summed E-state index contributed by atoms with van der Waals surface area (Å²) in [6.45, 7) is 8.37. The van der Waals surface area contributed by atoms with Gasteiger partial charge in [-0.3, -0.25) is 5.01 Å². The number of hydrogen-bond donors (Lipinski definition) is 1. The Morgan fingerprint density at radius 2 is 1.93 bits per heavy atom. The molecule has 3 heteroatoms. The summed E-state index contributed by atoms with van der Waals surface area (Å²) in [5.41, 5.74) is 2.07. The number of anilines is 2. The maximum atomic E-state index is 5.87. The first kappa shape index (κ1) is 8.84. The first-order valence-corrected chi connectivity index (χ1v) is 4.47. The molecule has 2 N–H and O–H groups in total. The summed E-state index contributed by atoms with van der Waals surface area (Å²) < 4.78 is 0. The van der Waals surface area contributed by atoms with Crippen molar-refractivity contribution in [3.05, 3.63) is 49.3 Å². The summed E-state index contributed by atoms with van der Waals surface area (Å²) in [6, 6.07) is 7.95. The molecule has 2 rings (SSSR count). The predicted molar refractivity (Wildman–Crippen MR) is 59.8 cm³/mol. The molecule has 0 saturated carbocycles. The van der Waals surface area contributed by atoms with Gasteiger partial charge in [0, 0.05) is 6.54 Å². The molecular weight excluding hydrogens is 174 g/mol. The molecule has 1 aromatic rings. The lowest BCUT2D eigenvalue weighted by atomic mass is 10.2. The number of hydrazine groups is 1. The van der Waals surface area contributed by atoms with Crippen molar-refractivity contribution in [2.24, 2.45) is 5.84 Å². The van der Waals surface area contributed by atoms with Gasteiger partial charge in [0.1, 0.15) is 5.82 Å². The maximum Gasteiger partial charge on any atom is 0.121 e. The van der Waals surface area contributed by atoms with Gasteiger partial charge in [0.15, 0.2) is 0 Å². The maximum absolute atomic E-state index is 5.87. The van der Waals surface area contributed by atoms with Gasteiger partial charge in [-0.25, -0.2) is 5.84 Å². The minimum absolute atomic E-state index is 0.726. The van der Waals surface area contributed by atoms with Crippen LogP contribution in [0.3, 0.4) is 0 Å². The second-order valence-corrected chi connectivity index (χ2v) is 3.17. The van der Waals surface area contributed by atoms with Crippen molar-refractivity contribution >= 4 is 11.4 Å². The molecule has 3 nitrogen and oxygen atoms in total. The average molecular weight is 187 g/mol. The molecule has 0 radical (unpaired) electrons. The summed E-state index contributed by atoms with van der Waals surface area (Å²) in [6.07, 6.45) is 1.83. The van der Waals surface area contributed by atoms with Gasteiger partial charge < -0.3 is 4.90 Å². The van der Waals surface area contributed by atoms with Gasteiger partial charge in [0.2, 0.25) is 0 Å². The summed E-state index contributed by atoms with van der Waals surface area (Å²) in [5.74, 6) is 6.65. The molecule has 0 aromatic heterocycles. The van der Waals surface area contributed by atoms with Crippen molar-refractivity contribution in [3.63, 3.8) is 0 Å². The van der Waals surface area contributed by atoms with E-state index in [2.05, 4.69) is 13.2 Å². The summed E-state index contributed by atoms with van der Waals surface area (Å²) in [4.78, 5) is 2.03. The van der Waals surface area contributed by atoms with Gasteiger partial charge >= 0.3 is 0 Å². The van der Waals surface area contributed by atoms with E-state index in [-0.39, 0.29) is 0 Å². The topological polar surface area (TPSA) is 32.5 Å². The molecule has 0 saturated heterocycles. The van der Waals surface area contributed by atoms with Gasteiger partial charge in [0.05, 0.1) is 11.4 Å². The van der Waals surface area contributed by atoms with Gasteiger partial charge in [-0.2, -0.15) is 0 Å². The quantitative estimate of drug-likeness (QED) is 0.566. The number of nitrogens with two attached hydrogens (primary N) is 1. The molecule has 1 aliphatic heterocycles. The van der Waals surface area contributed by atoms with Gasteiger partial charge in [-0.15, -0.1) is 6.58 Å². The Labute approximate surface area is 83.7 Å². The van der Waals surface area contributed by atoms with Crippen LogP contribution in [-0.2, 0) is 0 Å². The Bertz CT molecular complexity index is 384. The van der Waals surface area contributed by atoms with E-state index in [0.29, 0.717) is 0 Å². The van der Waals surface area contributed by atoms with Gasteiger partial charge in [0.25, 0.3) is 0 Å². The van der Waals surface area contributed by atoms with E-state index in [1.807, 2.05) is 35.2 Å². The number of benzene rings is 1. The van der Waals surface area contributed by atoms with Crippen LogP contribution in [-0.4, -0.2) is 6.54 Å². The molecule has 0 unspecified atom stereocenters. The second kappa shape index (κ2) is 3.20. The number of fused-ring (bicyclic) bond motifs is 1. The molecule has 0 amide bonds. The van der Waals surface area contributed by atoms with Crippen LogP contribution >= 0.6 is 0 Å². The molecule has 72 valence electrons. The molecule has 1 aliphatic rings. The first-order valence-electron chi connectivity index (χ1n) is 4.47. The van der Waals surface area contributed by atoms with E-state index in [4.69, 9.17) is 5.84 Å². The van der Waals surface area contributed by atoms with Gasteiger partial charge in [-0.05, 0) is 12.1 Å². The fourth-order valence-corrected chi connectivity index (χ4v) is 1.64. The van der Waals surface area contributed by atoms with Crippen molar-refractivity contribution in [2.45, 2.75) is 0 Å². The van der Waals surface area contributed by atoms with Crippen LogP contribution in [0.25, 0.3) is 0 Å². The molecule has 0 spiro atoms. The number of nitrogens with zero attached hydrogens (tertiary/aromatic N) is 2. The molecule has 1 aromatic carbocycles. The molecule has 0 bridgehead atoms. The van der Waals surface area contributed by atoms with E-state index in [1.165, 1.54) is 0 Å². The fourth-order valence-electron chi connectivity index (χ4n) is 1.64. The van der Waals surface area contributed by atoms with E-state index < -0.39 is 0 Å². The molecule has 0 aliphatic carbocycles. The second-order valence-electron chi connectivity index (χ2n) is 3.17. The lowest BCUT2D eigenvalue weighted by Gasteiger charge is -2.19. The summed E-state index contributed by atoms with van der Waals surface area (Å²) >= 11 is 0. The van der Waals surface area contributed by atoms with Crippen LogP contribution in [0.15, 0.2) is 49.3 Å². The minimum Gasteiger partial charge on any atom is -0.321 e. The number of rotatable bonds is 2. The highest BCUT2D eigenvalue weighted by Gasteiger charge is 2.26. The monoisotopic (exact) mass is 187 g/mol. The van der Waals surface area contributed by atoms with Gasteiger partial charge in [-0.1, -0.05) is 24.8 Å². The van der Waals surface area contributed by atoms with Crippen LogP contribution in [0.1, 0.15) is 0 Å². The highest BCUT2D eigenvalue weighted by atomic mass is 15.5. The Kier molecular flexibility index (Phi) is 2.02. The molecule has 1 heterocycles. The van der Waals surface area contributed by atoms with Crippen LogP contribution in [0.2, 0.25) is 0 Å². The number of para-hydroxylation sites is 2. The average Bonchev–Trinajstić information content (AvgIpc) is 2.45. The first-order chi connectivity index (χ1) is 6.75. The zero-order chi connectivity index (χ0) is 10.1. The third-order valence-electron chi connectivity index (χ3n) is 2.33. The zero-order valence-corrected chi connectivity index (χ0v) is 7.98.